The van der Waals surface area contributed by atoms with Gasteiger partial charge in [0.15, 0.2) is 6.10 Å². The zero-order chi connectivity index (χ0) is 35.0. The van der Waals surface area contributed by atoms with Gasteiger partial charge in [-0.05, 0) is 96.3 Å². The quantitative estimate of drug-likeness (QED) is 0.0440. The van der Waals surface area contributed by atoms with E-state index in [0.717, 1.165) is 89.9 Å². The summed E-state index contributed by atoms with van der Waals surface area (Å²) in [5.41, 5.74) is 0. The first kappa shape index (κ1) is 44.8. The highest BCUT2D eigenvalue weighted by Gasteiger charge is 2.15. The Bertz CT molecular complexity index is 979. The maximum atomic E-state index is 12.1. The molecule has 0 aromatic carbocycles. The average Bonchev–Trinajstić information content (AvgIpc) is 3.09. The molecule has 48 heavy (non-hydrogen) atoms. The van der Waals surface area contributed by atoms with E-state index in [4.69, 9.17) is 9.47 Å². The molecule has 0 amide bonds. The van der Waals surface area contributed by atoms with Crippen LogP contribution in [0.15, 0.2) is 97.2 Å². The standard InChI is InChI=1S/C43H68O5/c1-3-5-7-9-11-13-15-17-19-20-21-22-24-25-27-29-31-33-35-37-42(45)47-40-41(39-44)48-43(46)38-36-34-32-30-28-26-23-18-16-14-12-10-8-6-4-2/h5,7,11-14,17-19,21-23,25,27-28,30,41,44H,3-4,6,8-10,15-16,20,24,26,29,31-40H2,1-2H3/t41-/m0/s1. The molecule has 0 aliphatic heterocycles. The summed E-state index contributed by atoms with van der Waals surface area (Å²) >= 11 is 0. The Labute approximate surface area is 294 Å². The van der Waals surface area contributed by atoms with Gasteiger partial charge in [-0.15, -0.1) is 0 Å². The van der Waals surface area contributed by atoms with Crippen molar-refractivity contribution in [2.24, 2.45) is 0 Å². The van der Waals surface area contributed by atoms with E-state index in [-0.39, 0.29) is 25.2 Å². The summed E-state index contributed by atoms with van der Waals surface area (Å²) in [5, 5.41) is 9.53. The number of ether oxygens (including phenoxy) is 2. The highest BCUT2D eigenvalue weighted by atomic mass is 16.6. The lowest BCUT2D eigenvalue weighted by molar-refractivity contribution is -0.161. The van der Waals surface area contributed by atoms with E-state index >= 15 is 0 Å². The lowest BCUT2D eigenvalue weighted by Crippen LogP contribution is -2.28. The monoisotopic (exact) mass is 665 g/mol. The van der Waals surface area contributed by atoms with E-state index in [2.05, 4.69) is 111 Å². The summed E-state index contributed by atoms with van der Waals surface area (Å²) in [6.45, 7) is 3.90. The van der Waals surface area contributed by atoms with Gasteiger partial charge >= 0.3 is 11.9 Å². The van der Waals surface area contributed by atoms with Crippen molar-refractivity contribution in [1.29, 1.82) is 0 Å². The van der Waals surface area contributed by atoms with E-state index < -0.39 is 6.10 Å². The van der Waals surface area contributed by atoms with Crippen LogP contribution in [0.1, 0.15) is 142 Å². The number of carbonyl (C=O) groups is 2. The van der Waals surface area contributed by atoms with Crippen LogP contribution in [0.4, 0.5) is 0 Å². The summed E-state index contributed by atoms with van der Waals surface area (Å²) in [5.74, 6) is -0.685. The fourth-order valence-electron chi connectivity index (χ4n) is 4.53. The molecule has 5 heteroatoms. The largest absolute Gasteiger partial charge is 0.462 e. The van der Waals surface area contributed by atoms with Gasteiger partial charge in [-0.25, -0.2) is 0 Å². The fourth-order valence-corrected chi connectivity index (χ4v) is 4.53. The van der Waals surface area contributed by atoms with Crippen LogP contribution in [0.2, 0.25) is 0 Å². The first-order valence-electron chi connectivity index (χ1n) is 18.8. The van der Waals surface area contributed by atoms with E-state index in [1.807, 2.05) is 0 Å². The van der Waals surface area contributed by atoms with Crippen LogP contribution >= 0.6 is 0 Å². The molecule has 0 bridgehead atoms. The number of unbranched alkanes of at least 4 members (excludes halogenated alkanes) is 8. The number of hydrogen-bond donors (Lipinski definition) is 1. The van der Waals surface area contributed by atoms with Gasteiger partial charge in [0.25, 0.3) is 0 Å². The van der Waals surface area contributed by atoms with Crippen LogP contribution in [0.3, 0.4) is 0 Å². The summed E-state index contributed by atoms with van der Waals surface area (Å²) in [7, 11) is 0. The van der Waals surface area contributed by atoms with E-state index in [1.165, 1.54) is 25.7 Å². The van der Waals surface area contributed by atoms with E-state index in [9.17, 15) is 14.7 Å². The van der Waals surface area contributed by atoms with Crippen molar-refractivity contribution in [1.82, 2.24) is 0 Å². The first-order valence-corrected chi connectivity index (χ1v) is 18.8. The molecule has 0 heterocycles. The summed E-state index contributed by atoms with van der Waals surface area (Å²) in [6.07, 6.45) is 53.2. The molecule has 0 aliphatic carbocycles. The third-order valence-corrected chi connectivity index (χ3v) is 7.36. The number of carbonyl (C=O) groups excluding carboxylic acids is 2. The predicted molar refractivity (Wildman–Crippen MR) is 205 cm³/mol. The minimum Gasteiger partial charge on any atom is -0.462 e. The maximum Gasteiger partial charge on any atom is 0.306 e. The van der Waals surface area contributed by atoms with Crippen molar-refractivity contribution in [2.75, 3.05) is 13.2 Å². The van der Waals surface area contributed by atoms with E-state index in [0.29, 0.717) is 12.8 Å². The van der Waals surface area contributed by atoms with Gasteiger partial charge in [0, 0.05) is 12.8 Å². The molecule has 0 saturated heterocycles. The van der Waals surface area contributed by atoms with Gasteiger partial charge in [-0.3, -0.25) is 9.59 Å². The molecule has 0 radical (unpaired) electrons. The Kier molecular flexibility index (Phi) is 35.7. The SMILES string of the molecule is CCC=CCC=CCC=CCC=CCC=CCCCCCC(=O)OC[C@H](CO)OC(=O)CCCCC=CCC=CCC=CCCCCC. The molecule has 0 fully saturated rings. The van der Waals surface area contributed by atoms with Gasteiger partial charge < -0.3 is 14.6 Å². The maximum absolute atomic E-state index is 12.1. The van der Waals surface area contributed by atoms with Gasteiger partial charge in [-0.1, -0.05) is 130 Å². The van der Waals surface area contributed by atoms with Gasteiger partial charge in [0.2, 0.25) is 0 Å². The molecule has 0 saturated carbocycles. The van der Waals surface area contributed by atoms with Crippen molar-refractivity contribution in [3.63, 3.8) is 0 Å². The van der Waals surface area contributed by atoms with Gasteiger partial charge in [-0.2, -0.15) is 0 Å². The van der Waals surface area contributed by atoms with Crippen molar-refractivity contribution >= 4 is 11.9 Å². The third-order valence-electron chi connectivity index (χ3n) is 7.36. The second-order valence-electron chi connectivity index (χ2n) is 11.9. The smallest absolute Gasteiger partial charge is 0.306 e. The van der Waals surface area contributed by atoms with Gasteiger partial charge in [0.1, 0.15) is 6.61 Å². The zero-order valence-electron chi connectivity index (χ0n) is 30.5. The second kappa shape index (κ2) is 38.3. The summed E-state index contributed by atoms with van der Waals surface area (Å²) in [4.78, 5) is 24.2. The van der Waals surface area contributed by atoms with Crippen LogP contribution < -0.4 is 0 Å². The molecule has 0 spiro atoms. The van der Waals surface area contributed by atoms with Crippen LogP contribution in [-0.2, 0) is 19.1 Å². The Morgan fingerprint density at radius 3 is 1.35 bits per heavy atom. The Morgan fingerprint density at radius 2 is 0.896 bits per heavy atom. The third kappa shape index (κ3) is 35.7. The van der Waals surface area contributed by atoms with Crippen LogP contribution in [0.25, 0.3) is 0 Å². The van der Waals surface area contributed by atoms with E-state index in [1.54, 1.807) is 0 Å². The first-order chi connectivity index (χ1) is 23.6. The zero-order valence-corrected chi connectivity index (χ0v) is 30.5. The van der Waals surface area contributed by atoms with Crippen molar-refractivity contribution in [3.8, 4) is 0 Å². The topological polar surface area (TPSA) is 72.8 Å². The minimum atomic E-state index is -0.811. The molecule has 0 aromatic rings. The number of aliphatic hydroxyl groups is 1. The van der Waals surface area contributed by atoms with Crippen molar-refractivity contribution < 1.29 is 24.2 Å². The lowest BCUT2D eigenvalue weighted by Gasteiger charge is -2.15. The Balaban J connectivity index is 3.75. The normalized spacial score (nSPS) is 13.3. The number of allylic oxidation sites excluding steroid dienone is 16. The Hall–Kier alpha value is -3.18. The highest BCUT2D eigenvalue weighted by Crippen LogP contribution is 2.08. The average molecular weight is 665 g/mol. The van der Waals surface area contributed by atoms with Gasteiger partial charge in [0.05, 0.1) is 6.61 Å². The van der Waals surface area contributed by atoms with Crippen LogP contribution in [0.5, 0.6) is 0 Å². The molecule has 1 N–H and O–H groups in total. The highest BCUT2D eigenvalue weighted by molar-refractivity contribution is 5.70. The predicted octanol–water partition coefficient (Wildman–Crippen LogP) is 11.7. The number of rotatable bonds is 32. The van der Waals surface area contributed by atoms with Crippen molar-refractivity contribution in [2.45, 2.75) is 148 Å². The molecule has 5 nitrogen and oxygen atoms in total. The molecule has 0 aliphatic rings. The van der Waals surface area contributed by atoms with Crippen molar-refractivity contribution in [3.05, 3.63) is 97.2 Å². The summed E-state index contributed by atoms with van der Waals surface area (Å²) < 4.78 is 10.5. The molecule has 270 valence electrons. The molecular weight excluding hydrogens is 596 g/mol. The number of esters is 2. The fraction of sp³-hybridized carbons (Fsp3) is 0.581. The molecule has 0 unspecified atom stereocenters. The molecule has 0 aromatic heterocycles. The second-order valence-corrected chi connectivity index (χ2v) is 11.9. The molecule has 1 atom stereocenters. The van der Waals surface area contributed by atoms with Crippen LogP contribution in [0, 0.1) is 0 Å². The molecule has 0 rings (SSSR count). The van der Waals surface area contributed by atoms with Crippen LogP contribution in [-0.4, -0.2) is 36.4 Å². The minimum absolute atomic E-state index is 0.105. The number of aliphatic hydroxyl groups excluding tert-OH is 1. The Morgan fingerprint density at radius 1 is 0.500 bits per heavy atom. The molecular formula is C43H68O5. The lowest BCUT2D eigenvalue weighted by atomic mass is 10.1. The number of hydrogen-bond acceptors (Lipinski definition) is 5. The summed E-state index contributed by atoms with van der Waals surface area (Å²) in [6, 6.07) is 0.